The zero-order valence-corrected chi connectivity index (χ0v) is 23.8. The molecule has 4 aromatic rings. The minimum absolute atomic E-state index is 0.117. The Morgan fingerprint density at radius 2 is 1.59 bits per heavy atom. The summed E-state index contributed by atoms with van der Waals surface area (Å²) >= 11 is 3.45. The molecule has 3 amide bonds. The van der Waals surface area contributed by atoms with Gasteiger partial charge in [-0.15, -0.1) is 0 Å². The molecule has 1 fully saturated rings. The second-order valence-electron chi connectivity index (χ2n) is 9.73. The summed E-state index contributed by atoms with van der Waals surface area (Å²) < 4.78 is 2.66. The lowest BCUT2D eigenvalue weighted by Gasteiger charge is -2.23. The number of carbonyl (C=O) groups is 3. The predicted molar refractivity (Wildman–Crippen MR) is 162 cm³/mol. The number of para-hydroxylation sites is 2. The van der Waals surface area contributed by atoms with Crippen LogP contribution in [0.15, 0.2) is 94.6 Å². The van der Waals surface area contributed by atoms with Gasteiger partial charge in [0.25, 0.3) is 5.91 Å². The number of nitrogens with zero attached hydrogens (tertiary/aromatic N) is 3. The fraction of sp³-hybridized carbons (Fsp3) is 0.194. The van der Waals surface area contributed by atoms with E-state index in [-0.39, 0.29) is 17.6 Å². The molecule has 41 heavy (non-hydrogen) atoms. The molecule has 1 aromatic heterocycles. The van der Waals surface area contributed by atoms with E-state index in [1.165, 1.54) is 12.6 Å². The summed E-state index contributed by atoms with van der Waals surface area (Å²) in [5.41, 5.74) is 5.85. The zero-order chi connectivity index (χ0) is 28.6. The van der Waals surface area contributed by atoms with Crippen molar-refractivity contribution in [2.45, 2.75) is 38.1 Å². The molecule has 0 saturated heterocycles. The van der Waals surface area contributed by atoms with Crippen LogP contribution in [0.25, 0.3) is 16.9 Å². The van der Waals surface area contributed by atoms with Gasteiger partial charge in [-0.25, -0.2) is 10.1 Å². The van der Waals surface area contributed by atoms with Crippen LogP contribution in [0.4, 0.5) is 5.69 Å². The number of halogens is 1. The van der Waals surface area contributed by atoms with Gasteiger partial charge in [0.05, 0.1) is 23.2 Å². The summed E-state index contributed by atoms with van der Waals surface area (Å²) in [4.78, 5) is 38.2. The molecule has 0 radical (unpaired) electrons. The van der Waals surface area contributed by atoms with Gasteiger partial charge in [-0.2, -0.15) is 10.2 Å². The first-order chi connectivity index (χ1) is 20.0. The number of hydrazone groups is 1. The maximum Gasteiger partial charge on any atom is 0.329 e. The van der Waals surface area contributed by atoms with E-state index in [2.05, 4.69) is 37.1 Å². The number of aromatic nitrogens is 2. The fourth-order valence-electron chi connectivity index (χ4n) is 4.72. The molecule has 1 aliphatic carbocycles. The van der Waals surface area contributed by atoms with Crippen molar-refractivity contribution in [3.8, 4) is 16.9 Å². The maximum atomic E-state index is 12.9. The molecular weight excluding hydrogens is 584 g/mol. The van der Waals surface area contributed by atoms with Gasteiger partial charge >= 0.3 is 11.8 Å². The van der Waals surface area contributed by atoms with Crippen LogP contribution in [-0.4, -0.2) is 39.8 Å². The Labute approximate surface area is 246 Å². The molecule has 5 rings (SSSR count). The van der Waals surface area contributed by atoms with E-state index in [9.17, 15) is 14.4 Å². The lowest BCUT2D eigenvalue weighted by atomic mass is 9.95. The highest BCUT2D eigenvalue weighted by Crippen LogP contribution is 2.25. The lowest BCUT2D eigenvalue weighted by molar-refractivity contribution is -0.136. The molecule has 1 aliphatic rings. The molecule has 1 heterocycles. The molecule has 3 N–H and O–H groups in total. The lowest BCUT2D eigenvalue weighted by Crippen LogP contribution is -2.37. The van der Waals surface area contributed by atoms with Crippen LogP contribution in [0.5, 0.6) is 0 Å². The van der Waals surface area contributed by atoms with E-state index in [4.69, 9.17) is 5.10 Å². The van der Waals surface area contributed by atoms with Crippen molar-refractivity contribution in [1.82, 2.24) is 20.5 Å². The highest BCUT2D eigenvalue weighted by Gasteiger charge is 2.21. The molecule has 9 nitrogen and oxygen atoms in total. The van der Waals surface area contributed by atoms with E-state index in [1.54, 1.807) is 35.1 Å². The Bertz CT molecular complexity index is 1560. The molecule has 1 saturated carbocycles. The van der Waals surface area contributed by atoms with Gasteiger partial charge in [-0.3, -0.25) is 14.4 Å². The first kappa shape index (κ1) is 28.0. The molecule has 0 aliphatic heterocycles. The Balaban J connectivity index is 1.27. The Kier molecular flexibility index (Phi) is 9.00. The van der Waals surface area contributed by atoms with E-state index in [0.29, 0.717) is 16.8 Å². The molecule has 208 valence electrons. The van der Waals surface area contributed by atoms with Gasteiger partial charge in [0.2, 0.25) is 0 Å². The van der Waals surface area contributed by atoms with Crippen molar-refractivity contribution in [3.05, 3.63) is 101 Å². The third-order valence-corrected chi connectivity index (χ3v) is 7.35. The quantitative estimate of drug-likeness (QED) is 0.146. The first-order valence-corrected chi connectivity index (χ1v) is 14.2. The van der Waals surface area contributed by atoms with Crippen LogP contribution in [-0.2, 0) is 9.59 Å². The molecule has 10 heteroatoms. The molecule has 0 bridgehead atoms. The molecule has 0 atom stereocenters. The monoisotopic (exact) mass is 612 g/mol. The fourth-order valence-corrected chi connectivity index (χ4v) is 4.98. The SMILES string of the molecule is O=C(NN=Cc1cn(-c2ccccc2)nc1-c1ccc(Br)cc1)C(=O)Nc1ccccc1C(=O)NC1CCCCC1. The normalized spacial score (nSPS) is 13.6. The summed E-state index contributed by atoms with van der Waals surface area (Å²) in [6.45, 7) is 0. The Morgan fingerprint density at radius 3 is 2.34 bits per heavy atom. The van der Waals surface area contributed by atoms with Crippen LogP contribution in [0.1, 0.15) is 48.0 Å². The summed E-state index contributed by atoms with van der Waals surface area (Å²) in [7, 11) is 0. The van der Waals surface area contributed by atoms with E-state index in [1.807, 2.05) is 54.6 Å². The average molecular weight is 614 g/mol. The number of hydrogen-bond donors (Lipinski definition) is 3. The first-order valence-electron chi connectivity index (χ1n) is 13.4. The number of benzene rings is 3. The standard InChI is InChI=1S/C31H29BrN6O3/c32-23-17-15-21(16-18-23)28-22(20-38(37-28)25-11-5-2-6-12-25)19-33-36-31(41)30(40)35-27-14-8-7-13-26(27)29(39)34-24-9-3-1-4-10-24/h2,5-8,11-20,24H,1,3-4,9-10H2,(H,34,39)(H,35,40)(H,36,41). The van der Waals surface area contributed by atoms with Gasteiger partial charge in [0, 0.05) is 27.8 Å². The number of nitrogens with one attached hydrogen (secondary N) is 3. The van der Waals surface area contributed by atoms with Crippen molar-refractivity contribution in [1.29, 1.82) is 0 Å². The maximum absolute atomic E-state index is 12.9. The molecule has 0 unspecified atom stereocenters. The van der Waals surface area contributed by atoms with Crippen LogP contribution in [0.3, 0.4) is 0 Å². The molecular formula is C31H29BrN6O3. The number of rotatable bonds is 7. The third-order valence-electron chi connectivity index (χ3n) is 6.82. The summed E-state index contributed by atoms with van der Waals surface area (Å²) in [5.74, 6) is -2.18. The topological polar surface area (TPSA) is 117 Å². The predicted octanol–water partition coefficient (Wildman–Crippen LogP) is 5.45. The number of amides is 3. The average Bonchev–Trinajstić information content (AvgIpc) is 3.43. The van der Waals surface area contributed by atoms with Gasteiger partial charge in [-0.1, -0.05) is 77.7 Å². The van der Waals surface area contributed by atoms with Crippen LogP contribution in [0, 0.1) is 0 Å². The van der Waals surface area contributed by atoms with E-state index < -0.39 is 11.8 Å². The van der Waals surface area contributed by atoms with Gasteiger partial charge < -0.3 is 10.6 Å². The van der Waals surface area contributed by atoms with Crippen molar-refractivity contribution >= 4 is 45.6 Å². The van der Waals surface area contributed by atoms with Crippen LogP contribution >= 0.6 is 15.9 Å². The second-order valence-corrected chi connectivity index (χ2v) is 10.6. The number of hydrogen-bond acceptors (Lipinski definition) is 5. The van der Waals surface area contributed by atoms with Gasteiger partial charge in [-0.05, 0) is 49.2 Å². The number of anilines is 1. The van der Waals surface area contributed by atoms with Crippen LogP contribution < -0.4 is 16.1 Å². The molecule has 0 spiro atoms. The highest BCUT2D eigenvalue weighted by atomic mass is 79.9. The highest BCUT2D eigenvalue weighted by molar-refractivity contribution is 9.10. The van der Waals surface area contributed by atoms with Crippen molar-refractivity contribution < 1.29 is 14.4 Å². The Morgan fingerprint density at radius 1 is 0.878 bits per heavy atom. The minimum Gasteiger partial charge on any atom is -0.349 e. The van der Waals surface area contributed by atoms with Crippen LogP contribution in [0.2, 0.25) is 0 Å². The van der Waals surface area contributed by atoms with E-state index >= 15 is 0 Å². The van der Waals surface area contributed by atoms with E-state index in [0.717, 1.165) is 41.4 Å². The molecule has 3 aromatic carbocycles. The largest absolute Gasteiger partial charge is 0.349 e. The smallest absolute Gasteiger partial charge is 0.329 e. The van der Waals surface area contributed by atoms with Crippen molar-refractivity contribution in [3.63, 3.8) is 0 Å². The third kappa shape index (κ3) is 7.15. The minimum atomic E-state index is -0.968. The second kappa shape index (κ2) is 13.2. The zero-order valence-electron chi connectivity index (χ0n) is 22.2. The van der Waals surface area contributed by atoms with Gasteiger partial charge in [0.1, 0.15) is 5.69 Å². The van der Waals surface area contributed by atoms with Crippen molar-refractivity contribution in [2.75, 3.05) is 5.32 Å². The van der Waals surface area contributed by atoms with Gasteiger partial charge in [0.15, 0.2) is 0 Å². The summed E-state index contributed by atoms with van der Waals surface area (Å²) in [6, 6.07) is 24.0. The van der Waals surface area contributed by atoms with Crippen molar-refractivity contribution in [2.24, 2.45) is 5.10 Å². The Hall–Kier alpha value is -4.57. The number of carbonyl (C=O) groups excluding carboxylic acids is 3. The summed E-state index contributed by atoms with van der Waals surface area (Å²) in [5, 5.41) is 14.3. The summed E-state index contributed by atoms with van der Waals surface area (Å²) in [6.07, 6.45) is 8.47.